The summed E-state index contributed by atoms with van der Waals surface area (Å²) in [4.78, 5) is 6.61. The van der Waals surface area contributed by atoms with Gasteiger partial charge in [-0.3, -0.25) is 9.67 Å². The molecule has 8 nitrogen and oxygen atoms in total. The highest BCUT2D eigenvalue weighted by Gasteiger charge is 2.08. The van der Waals surface area contributed by atoms with E-state index in [1.165, 1.54) is 0 Å². The van der Waals surface area contributed by atoms with E-state index in [9.17, 15) is 0 Å². The second kappa shape index (κ2) is 15.7. The van der Waals surface area contributed by atoms with Crippen LogP contribution in [0, 0.1) is 0 Å². The van der Waals surface area contributed by atoms with Gasteiger partial charge in [0.25, 0.3) is 0 Å². The Kier molecular flexibility index (Phi) is 13.7. The highest BCUT2D eigenvalue weighted by molar-refractivity contribution is 14.0. The molecule has 0 saturated carbocycles. The summed E-state index contributed by atoms with van der Waals surface area (Å²) in [5, 5.41) is 10.9. The molecule has 0 atom stereocenters. The minimum atomic E-state index is 0. The number of aryl methyl sites for hydroxylation is 1. The lowest BCUT2D eigenvalue weighted by molar-refractivity contribution is 0.217. The Morgan fingerprint density at radius 3 is 2.65 bits per heavy atom. The second-order valence-corrected chi connectivity index (χ2v) is 6.84. The van der Waals surface area contributed by atoms with Crippen LogP contribution in [0.25, 0.3) is 0 Å². The van der Waals surface area contributed by atoms with Crippen LogP contribution in [0.5, 0.6) is 11.5 Å². The number of hydrogen-bond donors (Lipinski definition) is 2. The molecular formula is C22H37IN6O2. The van der Waals surface area contributed by atoms with Gasteiger partial charge in [-0.25, -0.2) is 0 Å². The minimum absolute atomic E-state index is 0. The quantitative estimate of drug-likeness (QED) is 0.175. The van der Waals surface area contributed by atoms with E-state index < -0.39 is 0 Å². The van der Waals surface area contributed by atoms with Gasteiger partial charge in [0.15, 0.2) is 17.5 Å². The van der Waals surface area contributed by atoms with Crippen LogP contribution in [0.15, 0.2) is 41.7 Å². The standard InChI is InChI=1S/C22H36N6O2.HI/c1-5-27(6-2)15-16-30-20-10-9-19(17-21(20)29-4)18-25-22(23-3)24-11-7-13-28-14-8-12-26-28;/h8-10,12,14,17H,5-7,11,13,15-16,18H2,1-4H3,(H2,23,24,25);1H. The van der Waals surface area contributed by atoms with Crippen molar-refractivity contribution in [3.8, 4) is 11.5 Å². The number of nitrogens with zero attached hydrogens (tertiary/aromatic N) is 4. The molecule has 9 heteroatoms. The molecule has 0 aliphatic rings. The van der Waals surface area contributed by atoms with Gasteiger partial charge in [0.1, 0.15) is 6.61 Å². The number of aromatic nitrogens is 2. The smallest absolute Gasteiger partial charge is 0.191 e. The molecule has 1 aromatic heterocycles. The third kappa shape index (κ3) is 9.77. The number of ether oxygens (including phenoxy) is 2. The number of rotatable bonds is 13. The molecule has 1 aromatic carbocycles. The normalized spacial score (nSPS) is 11.2. The number of aliphatic imine (C=N–C) groups is 1. The zero-order valence-electron chi connectivity index (χ0n) is 19.1. The van der Waals surface area contributed by atoms with Crippen molar-refractivity contribution < 1.29 is 9.47 Å². The summed E-state index contributed by atoms with van der Waals surface area (Å²) in [5.41, 5.74) is 1.10. The predicted molar refractivity (Wildman–Crippen MR) is 137 cm³/mol. The molecule has 0 bridgehead atoms. The van der Waals surface area contributed by atoms with Gasteiger partial charge in [-0.15, -0.1) is 24.0 Å². The van der Waals surface area contributed by atoms with Crippen LogP contribution >= 0.6 is 24.0 Å². The third-order valence-corrected chi connectivity index (χ3v) is 4.89. The van der Waals surface area contributed by atoms with Crippen molar-refractivity contribution in [3.63, 3.8) is 0 Å². The van der Waals surface area contributed by atoms with Crippen LogP contribution in [0.2, 0.25) is 0 Å². The fourth-order valence-corrected chi connectivity index (χ4v) is 3.05. The Balaban J connectivity index is 0.00000480. The minimum Gasteiger partial charge on any atom is -0.493 e. The van der Waals surface area contributed by atoms with Gasteiger partial charge in [-0.1, -0.05) is 19.9 Å². The molecule has 0 spiro atoms. The number of nitrogens with one attached hydrogen (secondary N) is 2. The average Bonchev–Trinajstić information content (AvgIpc) is 3.30. The van der Waals surface area contributed by atoms with Crippen molar-refractivity contribution in [2.24, 2.45) is 4.99 Å². The Hall–Kier alpha value is -2.01. The second-order valence-electron chi connectivity index (χ2n) is 6.84. The zero-order valence-corrected chi connectivity index (χ0v) is 21.5. The van der Waals surface area contributed by atoms with Gasteiger partial charge >= 0.3 is 0 Å². The fourth-order valence-electron chi connectivity index (χ4n) is 3.05. The van der Waals surface area contributed by atoms with Gasteiger partial charge in [0, 0.05) is 45.6 Å². The number of guanidine groups is 1. The maximum absolute atomic E-state index is 5.93. The SMILES string of the molecule is CCN(CC)CCOc1ccc(CNC(=NC)NCCCn2cccn2)cc1OC.I. The van der Waals surface area contributed by atoms with E-state index in [0.717, 1.165) is 62.2 Å². The maximum atomic E-state index is 5.93. The summed E-state index contributed by atoms with van der Waals surface area (Å²) in [5.74, 6) is 2.29. The molecule has 174 valence electrons. The first kappa shape index (κ1) is 27.0. The summed E-state index contributed by atoms with van der Waals surface area (Å²) in [7, 11) is 3.44. The lowest BCUT2D eigenvalue weighted by atomic mass is 10.2. The van der Waals surface area contributed by atoms with E-state index in [4.69, 9.17) is 9.47 Å². The molecule has 0 unspecified atom stereocenters. The molecule has 0 radical (unpaired) electrons. The largest absolute Gasteiger partial charge is 0.493 e. The number of methoxy groups -OCH3 is 1. The number of likely N-dealkylation sites (N-methyl/N-ethyl adjacent to an activating group) is 1. The Labute approximate surface area is 203 Å². The van der Waals surface area contributed by atoms with Crippen LogP contribution in [-0.4, -0.2) is 67.6 Å². The van der Waals surface area contributed by atoms with Crippen molar-refractivity contribution in [1.82, 2.24) is 25.3 Å². The van der Waals surface area contributed by atoms with E-state index >= 15 is 0 Å². The van der Waals surface area contributed by atoms with Crippen molar-refractivity contribution in [2.45, 2.75) is 33.4 Å². The van der Waals surface area contributed by atoms with E-state index in [1.54, 1.807) is 20.4 Å². The number of hydrogen-bond acceptors (Lipinski definition) is 5. The van der Waals surface area contributed by atoms with E-state index in [1.807, 2.05) is 35.1 Å². The van der Waals surface area contributed by atoms with Crippen LogP contribution in [0.1, 0.15) is 25.8 Å². The van der Waals surface area contributed by atoms with E-state index in [2.05, 4.69) is 39.5 Å². The summed E-state index contributed by atoms with van der Waals surface area (Å²) in [6, 6.07) is 7.96. The summed E-state index contributed by atoms with van der Waals surface area (Å²) >= 11 is 0. The maximum Gasteiger partial charge on any atom is 0.191 e. The highest BCUT2D eigenvalue weighted by atomic mass is 127. The molecular weight excluding hydrogens is 507 g/mol. The molecule has 2 rings (SSSR count). The molecule has 0 amide bonds. The number of halogens is 1. The van der Waals surface area contributed by atoms with Gasteiger partial charge in [0.05, 0.1) is 7.11 Å². The van der Waals surface area contributed by atoms with Gasteiger partial charge in [-0.05, 0) is 43.3 Å². The monoisotopic (exact) mass is 544 g/mol. The Morgan fingerprint density at radius 1 is 1.19 bits per heavy atom. The van der Waals surface area contributed by atoms with Crippen LogP contribution in [0.3, 0.4) is 0 Å². The van der Waals surface area contributed by atoms with Crippen molar-refractivity contribution in [2.75, 3.05) is 46.9 Å². The fraction of sp³-hybridized carbons (Fsp3) is 0.545. The molecule has 31 heavy (non-hydrogen) atoms. The van der Waals surface area contributed by atoms with E-state index in [-0.39, 0.29) is 24.0 Å². The lowest BCUT2D eigenvalue weighted by Gasteiger charge is -2.19. The first-order chi connectivity index (χ1) is 14.7. The molecule has 2 N–H and O–H groups in total. The van der Waals surface area contributed by atoms with Gasteiger partial charge in [-0.2, -0.15) is 5.10 Å². The van der Waals surface area contributed by atoms with Crippen LogP contribution < -0.4 is 20.1 Å². The van der Waals surface area contributed by atoms with Crippen LogP contribution in [0.4, 0.5) is 0 Å². The molecule has 0 saturated heterocycles. The molecule has 0 aliphatic carbocycles. The lowest BCUT2D eigenvalue weighted by Crippen LogP contribution is -2.37. The Morgan fingerprint density at radius 2 is 2.00 bits per heavy atom. The molecule has 1 heterocycles. The predicted octanol–water partition coefficient (Wildman–Crippen LogP) is 2.99. The molecule has 0 aliphatic heterocycles. The molecule has 0 fully saturated rings. The summed E-state index contributed by atoms with van der Waals surface area (Å²) in [6.07, 6.45) is 4.73. The summed E-state index contributed by atoms with van der Waals surface area (Å²) < 4.78 is 13.4. The van der Waals surface area contributed by atoms with Crippen molar-refractivity contribution in [1.29, 1.82) is 0 Å². The van der Waals surface area contributed by atoms with E-state index in [0.29, 0.717) is 13.2 Å². The van der Waals surface area contributed by atoms with Crippen molar-refractivity contribution in [3.05, 3.63) is 42.2 Å². The first-order valence-electron chi connectivity index (χ1n) is 10.6. The third-order valence-electron chi connectivity index (χ3n) is 4.89. The van der Waals surface area contributed by atoms with Gasteiger partial charge < -0.3 is 25.0 Å². The van der Waals surface area contributed by atoms with Crippen LogP contribution in [-0.2, 0) is 13.1 Å². The topological polar surface area (TPSA) is 75.9 Å². The van der Waals surface area contributed by atoms with Crippen molar-refractivity contribution >= 4 is 29.9 Å². The Bertz CT molecular complexity index is 750. The summed E-state index contributed by atoms with van der Waals surface area (Å²) in [6.45, 7) is 10.3. The average molecular weight is 544 g/mol. The molecule has 2 aromatic rings. The number of benzene rings is 1. The zero-order chi connectivity index (χ0) is 21.6. The van der Waals surface area contributed by atoms with Gasteiger partial charge in [0.2, 0.25) is 0 Å². The first-order valence-corrected chi connectivity index (χ1v) is 10.6. The highest BCUT2D eigenvalue weighted by Crippen LogP contribution is 2.28.